The number of alkyl halides is 3. The minimum atomic E-state index is -4.64. The number of carbonyl (C=O) groups excluding carboxylic acids is 1. The minimum absolute atomic E-state index is 0.0187. The van der Waals surface area contributed by atoms with Crippen molar-refractivity contribution in [3.05, 3.63) is 77.3 Å². The van der Waals surface area contributed by atoms with Crippen molar-refractivity contribution in [1.29, 1.82) is 0 Å². The van der Waals surface area contributed by atoms with Gasteiger partial charge in [-0.05, 0) is 41.8 Å². The van der Waals surface area contributed by atoms with Gasteiger partial charge >= 0.3 is 6.18 Å². The number of rotatable bonds is 5. The number of nitrogens with one attached hydrogen (secondary N) is 3. The molecule has 0 saturated carbocycles. The highest BCUT2D eigenvalue weighted by atomic mass is 19.4. The highest BCUT2D eigenvalue weighted by Crippen LogP contribution is 2.37. The normalized spacial score (nSPS) is 12.4. The number of anilines is 4. The Balaban J connectivity index is 1.69. The van der Waals surface area contributed by atoms with E-state index in [1.165, 1.54) is 37.0 Å². The maximum atomic E-state index is 13.6. The zero-order valence-corrected chi connectivity index (χ0v) is 16.4. The lowest BCUT2D eigenvalue weighted by atomic mass is 10.1. The van der Waals surface area contributed by atoms with Gasteiger partial charge in [0.15, 0.2) is 5.69 Å². The van der Waals surface area contributed by atoms with Crippen LogP contribution in [-0.2, 0) is 12.6 Å². The summed E-state index contributed by atoms with van der Waals surface area (Å²) in [5.41, 5.74) is 1.87. The molecule has 3 aromatic rings. The summed E-state index contributed by atoms with van der Waals surface area (Å²) < 4.78 is 40.7. The molecule has 0 bridgehead atoms. The van der Waals surface area contributed by atoms with Crippen LogP contribution in [0.15, 0.2) is 54.9 Å². The first kappa shape index (κ1) is 20.4. The lowest BCUT2D eigenvalue weighted by Crippen LogP contribution is -2.21. The van der Waals surface area contributed by atoms with Crippen molar-refractivity contribution >= 4 is 34.9 Å². The second-order valence-corrected chi connectivity index (χ2v) is 6.86. The molecule has 2 heterocycles. The first-order valence-corrected chi connectivity index (χ1v) is 9.43. The molecule has 1 aliphatic carbocycles. The summed E-state index contributed by atoms with van der Waals surface area (Å²) >= 11 is 0. The third-order valence-electron chi connectivity index (χ3n) is 4.78. The molecule has 1 aromatic carbocycles. The lowest BCUT2D eigenvalue weighted by Gasteiger charge is -2.17. The van der Waals surface area contributed by atoms with Crippen LogP contribution in [0.3, 0.4) is 0 Å². The molecule has 0 fully saturated rings. The summed E-state index contributed by atoms with van der Waals surface area (Å²) in [6.45, 7) is 0. The fraction of sp³-hybridized carbons (Fsp3) is 0.136. The van der Waals surface area contributed by atoms with Crippen LogP contribution in [0.1, 0.15) is 27.2 Å². The van der Waals surface area contributed by atoms with E-state index >= 15 is 0 Å². The van der Waals surface area contributed by atoms with E-state index in [0.29, 0.717) is 5.69 Å². The second-order valence-electron chi connectivity index (χ2n) is 6.86. The van der Waals surface area contributed by atoms with Crippen molar-refractivity contribution in [2.45, 2.75) is 12.6 Å². The number of pyridine rings is 2. The second kappa shape index (κ2) is 8.10. The molecular formula is C22H18F3N5O. The van der Waals surface area contributed by atoms with E-state index in [-0.39, 0.29) is 22.9 Å². The van der Waals surface area contributed by atoms with Crippen LogP contribution in [0.2, 0.25) is 0 Å². The Hall–Kier alpha value is -3.88. The van der Waals surface area contributed by atoms with Gasteiger partial charge in [-0.25, -0.2) is 9.97 Å². The SMILES string of the molecule is CNC(=O)c1ncccc1Nc1cc(Nc2ccc3c(c2)C=CC3)ncc1C(F)(F)F. The van der Waals surface area contributed by atoms with E-state index in [0.717, 1.165) is 18.2 Å². The number of fused-ring (bicyclic) bond motifs is 1. The third-order valence-corrected chi connectivity index (χ3v) is 4.78. The van der Waals surface area contributed by atoms with Crippen molar-refractivity contribution in [1.82, 2.24) is 15.3 Å². The van der Waals surface area contributed by atoms with Gasteiger partial charge in [0.05, 0.1) is 16.9 Å². The van der Waals surface area contributed by atoms with Gasteiger partial charge in [-0.15, -0.1) is 0 Å². The summed E-state index contributed by atoms with van der Waals surface area (Å²) in [5, 5.41) is 8.16. The van der Waals surface area contributed by atoms with Gasteiger partial charge in [0, 0.05) is 31.2 Å². The smallest absolute Gasteiger partial charge is 0.354 e. The van der Waals surface area contributed by atoms with Gasteiger partial charge in [0.1, 0.15) is 5.82 Å². The third kappa shape index (κ3) is 4.35. The molecule has 0 radical (unpaired) electrons. The lowest BCUT2D eigenvalue weighted by molar-refractivity contribution is -0.137. The predicted molar refractivity (Wildman–Crippen MR) is 113 cm³/mol. The average molecular weight is 425 g/mol. The van der Waals surface area contributed by atoms with Crippen LogP contribution in [0.4, 0.5) is 36.1 Å². The van der Waals surface area contributed by atoms with Crippen molar-refractivity contribution in [3.63, 3.8) is 0 Å². The largest absolute Gasteiger partial charge is 0.419 e. The van der Waals surface area contributed by atoms with Crippen molar-refractivity contribution in [2.24, 2.45) is 0 Å². The summed E-state index contributed by atoms with van der Waals surface area (Å²) in [6, 6.07) is 10.00. The number of aromatic nitrogens is 2. The van der Waals surface area contributed by atoms with Gasteiger partial charge in [-0.2, -0.15) is 13.2 Å². The van der Waals surface area contributed by atoms with E-state index < -0.39 is 17.6 Å². The quantitative estimate of drug-likeness (QED) is 0.541. The van der Waals surface area contributed by atoms with Crippen molar-refractivity contribution in [3.8, 4) is 0 Å². The zero-order chi connectivity index (χ0) is 22.0. The number of halogens is 3. The fourth-order valence-electron chi connectivity index (χ4n) is 3.28. The Morgan fingerprint density at radius 2 is 1.90 bits per heavy atom. The summed E-state index contributed by atoms with van der Waals surface area (Å²) in [6.07, 6.45) is 2.42. The molecular weight excluding hydrogens is 407 g/mol. The molecule has 0 atom stereocenters. The van der Waals surface area contributed by atoms with Crippen molar-refractivity contribution in [2.75, 3.05) is 17.7 Å². The van der Waals surface area contributed by atoms with Crippen LogP contribution in [0.25, 0.3) is 6.08 Å². The Morgan fingerprint density at radius 1 is 1.06 bits per heavy atom. The molecule has 0 spiro atoms. The Labute approximate surface area is 176 Å². The molecule has 158 valence electrons. The van der Waals surface area contributed by atoms with Gasteiger partial charge in [0.2, 0.25) is 0 Å². The molecule has 0 aliphatic heterocycles. The number of amides is 1. The number of allylic oxidation sites excluding steroid dienone is 1. The van der Waals surface area contributed by atoms with Crippen LogP contribution in [-0.4, -0.2) is 22.9 Å². The first-order valence-electron chi connectivity index (χ1n) is 9.43. The maximum absolute atomic E-state index is 13.6. The molecule has 2 aromatic heterocycles. The Morgan fingerprint density at radius 3 is 2.68 bits per heavy atom. The molecule has 1 aliphatic rings. The molecule has 31 heavy (non-hydrogen) atoms. The van der Waals surface area contributed by atoms with Crippen LogP contribution < -0.4 is 16.0 Å². The highest BCUT2D eigenvalue weighted by Gasteiger charge is 2.34. The van der Waals surface area contributed by atoms with Gasteiger partial charge in [0.25, 0.3) is 5.91 Å². The molecule has 6 nitrogen and oxygen atoms in total. The van der Waals surface area contributed by atoms with E-state index in [9.17, 15) is 18.0 Å². The number of benzene rings is 1. The van der Waals surface area contributed by atoms with Gasteiger partial charge in [-0.1, -0.05) is 18.2 Å². The van der Waals surface area contributed by atoms with E-state index in [1.54, 1.807) is 0 Å². The fourth-order valence-corrected chi connectivity index (χ4v) is 3.28. The molecule has 9 heteroatoms. The average Bonchev–Trinajstić information content (AvgIpc) is 3.21. The summed E-state index contributed by atoms with van der Waals surface area (Å²) in [4.78, 5) is 19.9. The monoisotopic (exact) mass is 425 g/mol. The van der Waals surface area contributed by atoms with E-state index in [4.69, 9.17) is 0 Å². The zero-order valence-electron chi connectivity index (χ0n) is 16.4. The van der Waals surface area contributed by atoms with Crippen molar-refractivity contribution < 1.29 is 18.0 Å². The highest BCUT2D eigenvalue weighted by molar-refractivity contribution is 5.98. The topological polar surface area (TPSA) is 78.9 Å². The van der Waals surface area contributed by atoms with Crippen LogP contribution in [0.5, 0.6) is 0 Å². The van der Waals surface area contributed by atoms with E-state index in [2.05, 4.69) is 25.9 Å². The molecule has 0 unspecified atom stereocenters. The molecule has 0 saturated heterocycles. The van der Waals surface area contributed by atoms with Gasteiger partial charge in [-0.3, -0.25) is 4.79 Å². The Bertz CT molecular complexity index is 1170. The Kier molecular flexibility index (Phi) is 5.33. The minimum Gasteiger partial charge on any atom is -0.354 e. The van der Waals surface area contributed by atoms with E-state index in [1.807, 2.05) is 30.4 Å². The number of nitrogens with zero attached hydrogens (tertiary/aromatic N) is 2. The van der Waals surface area contributed by atoms with Crippen LogP contribution in [0, 0.1) is 0 Å². The molecule has 4 rings (SSSR count). The van der Waals surface area contributed by atoms with Gasteiger partial charge < -0.3 is 16.0 Å². The number of carbonyl (C=O) groups is 1. The standard InChI is InChI=1S/C22H18F3N5O/c1-26-21(31)20-17(6-3-9-27-20)30-18-11-19(28-12-16(18)22(23,24)25)29-15-8-7-13-4-2-5-14(13)10-15/h2-3,5-12H,4H2,1H3,(H,26,31)(H2,28,29,30). The molecule has 1 amide bonds. The maximum Gasteiger partial charge on any atom is 0.419 e. The number of hydrogen-bond acceptors (Lipinski definition) is 5. The predicted octanol–water partition coefficient (Wildman–Crippen LogP) is 4.91. The van der Waals surface area contributed by atoms with Crippen LogP contribution >= 0.6 is 0 Å². The summed E-state index contributed by atoms with van der Waals surface area (Å²) in [7, 11) is 1.42. The summed E-state index contributed by atoms with van der Waals surface area (Å²) in [5.74, 6) is -0.293. The molecule has 3 N–H and O–H groups in total. The first-order chi connectivity index (χ1) is 14.8. The number of hydrogen-bond donors (Lipinski definition) is 3.